The van der Waals surface area contributed by atoms with Gasteiger partial charge in [-0.1, -0.05) is 11.2 Å². The molecule has 0 aliphatic rings. The SMILES string of the molecule is Cc1cc(CN(C)C(=O)c2c(F)cccc2F)no1. The summed E-state index contributed by atoms with van der Waals surface area (Å²) in [5.74, 6) is -1.90. The van der Waals surface area contributed by atoms with Crippen molar-refractivity contribution < 1.29 is 18.1 Å². The molecule has 2 rings (SSSR count). The molecule has 0 radical (unpaired) electrons. The van der Waals surface area contributed by atoms with E-state index in [0.717, 1.165) is 12.1 Å². The molecule has 0 atom stereocenters. The summed E-state index contributed by atoms with van der Waals surface area (Å²) >= 11 is 0. The van der Waals surface area contributed by atoms with Gasteiger partial charge in [0.25, 0.3) is 5.91 Å². The highest BCUT2D eigenvalue weighted by Crippen LogP contribution is 2.15. The first-order valence-corrected chi connectivity index (χ1v) is 5.60. The van der Waals surface area contributed by atoms with Crippen molar-refractivity contribution in [2.45, 2.75) is 13.5 Å². The monoisotopic (exact) mass is 266 g/mol. The summed E-state index contributed by atoms with van der Waals surface area (Å²) in [6, 6.07) is 4.96. The second-order valence-electron chi connectivity index (χ2n) is 4.19. The Morgan fingerprint density at radius 3 is 2.53 bits per heavy atom. The molecule has 0 aliphatic heterocycles. The van der Waals surface area contributed by atoms with Crippen molar-refractivity contribution in [1.82, 2.24) is 10.1 Å². The maximum Gasteiger partial charge on any atom is 0.259 e. The van der Waals surface area contributed by atoms with Crippen LogP contribution in [-0.2, 0) is 6.54 Å². The van der Waals surface area contributed by atoms with E-state index in [4.69, 9.17) is 4.52 Å². The second-order valence-corrected chi connectivity index (χ2v) is 4.19. The quantitative estimate of drug-likeness (QED) is 0.857. The number of halogens is 2. The van der Waals surface area contributed by atoms with Crippen LogP contribution >= 0.6 is 0 Å². The van der Waals surface area contributed by atoms with Gasteiger partial charge in [0.15, 0.2) is 0 Å². The Morgan fingerprint density at radius 2 is 2.00 bits per heavy atom. The minimum Gasteiger partial charge on any atom is -0.361 e. The van der Waals surface area contributed by atoms with E-state index in [1.165, 1.54) is 18.0 Å². The average molecular weight is 266 g/mol. The van der Waals surface area contributed by atoms with Crippen LogP contribution in [0.2, 0.25) is 0 Å². The third kappa shape index (κ3) is 2.78. The number of aryl methyl sites for hydroxylation is 1. The highest BCUT2D eigenvalue weighted by atomic mass is 19.1. The minimum absolute atomic E-state index is 0.115. The summed E-state index contributed by atoms with van der Waals surface area (Å²) in [7, 11) is 1.44. The highest BCUT2D eigenvalue weighted by Gasteiger charge is 2.21. The van der Waals surface area contributed by atoms with Crippen LogP contribution in [-0.4, -0.2) is 23.0 Å². The third-order valence-corrected chi connectivity index (χ3v) is 2.60. The second kappa shape index (κ2) is 5.17. The Labute approximate surface area is 108 Å². The summed E-state index contributed by atoms with van der Waals surface area (Å²) in [4.78, 5) is 13.2. The highest BCUT2D eigenvalue weighted by molar-refractivity contribution is 5.94. The molecule has 100 valence electrons. The van der Waals surface area contributed by atoms with Gasteiger partial charge in [0.05, 0.1) is 6.54 Å². The molecular weight excluding hydrogens is 254 g/mol. The Morgan fingerprint density at radius 1 is 1.37 bits per heavy atom. The summed E-state index contributed by atoms with van der Waals surface area (Å²) in [5.41, 5.74) is -0.0460. The molecule has 0 N–H and O–H groups in total. The minimum atomic E-state index is -0.881. The largest absolute Gasteiger partial charge is 0.361 e. The molecule has 0 spiro atoms. The fourth-order valence-corrected chi connectivity index (χ4v) is 1.70. The van der Waals surface area contributed by atoms with Gasteiger partial charge in [0.1, 0.15) is 28.7 Å². The lowest BCUT2D eigenvalue weighted by molar-refractivity contribution is 0.0772. The summed E-state index contributed by atoms with van der Waals surface area (Å²) in [6.45, 7) is 1.83. The van der Waals surface area contributed by atoms with E-state index in [9.17, 15) is 13.6 Å². The van der Waals surface area contributed by atoms with E-state index < -0.39 is 23.1 Å². The van der Waals surface area contributed by atoms with Crippen molar-refractivity contribution in [1.29, 1.82) is 0 Å². The topological polar surface area (TPSA) is 46.3 Å². The van der Waals surface area contributed by atoms with Gasteiger partial charge in [-0.3, -0.25) is 4.79 Å². The molecule has 2 aromatic rings. The Balaban J connectivity index is 2.19. The van der Waals surface area contributed by atoms with Crippen LogP contribution in [0, 0.1) is 18.6 Å². The Bertz CT molecular complexity index is 590. The number of carbonyl (C=O) groups excluding carboxylic acids is 1. The molecule has 6 heteroatoms. The number of nitrogens with zero attached hydrogens (tertiary/aromatic N) is 2. The van der Waals surface area contributed by atoms with Gasteiger partial charge in [0, 0.05) is 13.1 Å². The van der Waals surface area contributed by atoms with Gasteiger partial charge in [-0.2, -0.15) is 0 Å². The molecule has 1 aromatic heterocycles. The van der Waals surface area contributed by atoms with Crippen LogP contribution in [0.25, 0.3) is 0 Å². The van der Waals surface area contributed by atoms with Crippen LogP contribution < -0.4 is 0 Å². The molecule has 1 heterocycles. The van der Waals surface area contributed by atoms with Gasteiger partial charge in [-0.25, -0.2) is 8.78 Å². The number of benzene rings is 1. The molecule has 0 unspecified atom stereocenters. The fraction of sp³-hybridized carbons (Fsp3) is 0.231. The predicted molar refractivity (Wildman–Crippen MR) is 63.4 cm³/mol. The van der Waals surface area contributed by atoms with E-state index in [2.05, 4.69) is 5.16 Å². The van der Waals surface area contributed by atoms with Crippen molar-refractivity contribution in [3.8, 4) is 0 Å². The summed E-state index contributed by atoms with van der Waals surface area (Å²) in [6.07, 6.45) is 0. The number of carbonyl (C=O) groups is 1. The van der Waals surface area contributed by atoms with Crippen molar-refractivity contribution in [2.24, 2.45) is 0 Å². The van der Waals surface area contributed by atoms with Crippen molar-refractivity contribution in [3.63, 3.8) is 0 Å². The number of hydrogen-bond acceptors (Lipinski definition) is 3. The maximum atomic E-state index is 13.5. The number of rotatable bonds is 3. The number of hydrogen-bond donors (Lipinski definition) is 0. The zero-order valence-electron chi connectivity index (χ0n) is 10.5. The molecule has 1 amide bonds. The predicted octanol–water partition coefficient (Wildman–Crippen LogP) is 2.53. The van der Waals surface area contributed by atoms with E-state index in [-0.39, 0.29) is 6.54 Å². The van der Waals surface area contributed by atoms with Crippen LogP contribution in [0.4, 0.5) is 8.78 Å². The van der Waals surface area contributed by atoms with Gasteiger partial charge < -0.3 is 9.42 Å². The summed E-state index contributed by atoms with van der Waals surface area (Å²) in [5, 5.41) is 3.72. The molecule has 0 saturated heterocycles. The first kappa shape index (κ1) is 13.2. The number of aromatic nitrogens is 1. The summed E-state index contributed by atoms with van der Waals surface area (Å²) < 4.78 is 31.8. The van der Waals surface area contributed by atoms with Crippen molar-refractivity contribution >= 4 is 5.91 Å². The zero-order chi connectivity index (χ0) is 14.0. The molecule has 1 aromatic carbocycles. The normalized spacial score (nSPS) is 10.5. The van der Waals surface area contributed by atoms with E-state index >= 15 is 0 Å². The molecule has 0 fully saturated rings. The van der Waals surface area contributed by atoms with E-state index in [0.29, 0.717) is 11.5 Å². The lowest BCUT2D eigenvalue weighted by Gasteiger charge is -2.16. The molecule has 19 heavy (non-hydrogen) atoms. The zero-order valence-corrected chi connectivity index (χ0v) is 10.5. The van der Waals surface area contributed by atoms with Crippen LogP contribution in [0.1, 0.15) is 21.8 Å². The van der Waals surface area contributed by atoms with Gasteiger partial charge >= 0.3 is 0 Å². The Hall–Kier alpha value is -2.24. The Kier molecular flexibility index (Phi) is 3.59. The lowest BCUT2D eigenvalue weighted by Crippen LogP contribution is -2.28. The molecule has 0 saturated carbocycles. The molecular formula is C13H12F2N2O2. The van der Waals surface area contributed by atoms with Crippen LogP contribution in [0.3, 0.4) is 0 Å². The average Bonchev–Trinajstić information content (AvgIpc) is 2.74. The van der Waals surface area contributed by atoms with Gasteiger partial charge in [-0.15, -0.1) is 0 Å². The molecule has 0 aliphatic carbocycles. The van der Waals surface area contributed by atoms with E-state index in [1.807, 2.05) is 0 Å². The van der Waals surface area contributed by atoms with Crippen molar-refractivity contribution in [2.75, 3.05) is 7.05 Å². The maximum absolute atomic E-state index is 13.5. The smallest absolute Gasteiger partial charge is 0.259 e. The number of amides is 1. The lowest BCUT2D eigenvalue weighted by atomic mass is 10.1. The van der Waals surface area contributed by atoms with Crippen molar-refractivity contribution in [3.05, 3.63) is 52.9 Å². The van der Waals surface area contributed by atoms with Crippen LogP contribution in [0.5, 0.6) is 0 Å². The van der Waals surface area contributed by atoms with Gasteiger partial charge in [-0.05, 0) is 19.1 Å². The first-order valence-electron chi connectivity index (χ1n) is 5.60. The molecule has 0 bridgehead atoms. The first-order chi connectivity index (χ1) is 8.99. The standard InChI is InChI=1S/C13H12F2N2O2/c1-8-6-9(16-19-8)7-17(2)13(18)12-10(14)4-3-5-11(12)15/h3-6H,7H2,1-2H3. The molecule has 4 nitrogen and oxygen atoms in total. The van der Waals surface area contributed by atoms with Crippen LogP contribution in [0.15, 0.2) is 28.8 Å². The fourth-order valence-electron chi connectivity index (χ4n) is 1.70. The van der Waals surface area contributed by atoms with E-state index in [1.54, 1.807) is 13.0 Å². The van der Waals surface area contributed by atoms with Gasteiger partial charge in [0.2, 0.25) is 0 Å². The third-order valence-electron chi connectivity index (χ3n) is 2.60.